The molecule has 0 spiro atoms. The van der Waals surface area contributed by atoms with E-state index >= 15 is 0 Å². The Balaban J connectivity index is 1.83. The van der Waals surface area contributed by atoms with Crippen molar-refractivity contribution in [1.29, 1.82) is 5.26 Å². The minimum absolute atomic E-state index is 0.0232. The molecule has 128 valence electrons. The first-order valence-electron chi connectivity index (χ1n) is 8.21. The first-order valence-corrected chi connectivity index (χ1v) is 8.21. The van der Waals surface area contributed by atoms with Crippen LogP contribution in [0.25, 0.3) is 17.0 Å². The van der Waals surface area contributed by atoms with Crippen LogP contribution in [0, 0.1) is 11.3 Å². The predicted octanol–water partition coefficient (Wildman–Crippen LogP) is 4.18. The number of benzene rings is 2. The average Bonchev–Trinajstić information content (AvgIpc) is 2.68. The largest absolute Gasteiger partial charge is 0.494 e. The van der Waals surface area contributed by atoms with E-state index in [1.165, 1.54) is 0 Å². The summed E-state index contributed by atoms with van der Waals surface area (Å²) in [6, 6.07) is 18.3. The summed E-state index contributed by atoms with van der Waals surface area (Å²) in [5, 5.41) is 13.0. The van der Waals surface area contributed by atoms with E-state index in [0.29, 0.717) is 12.3 Å². The average molecular weight is 343 g/mol. The van der Waals surface area contributed by atoms with Gasteiger partial charge in [0.1, 0.15) is 17.4 Å². The Morgan fingerprint density at radius 1 is 1.19 bits per heavy atom. The lowest BCUT2D eigenvalue weighted by Gasteiger charge is -2.08. The van der Waals surface area contributed by atoms with Crippen molar-refractivity contribution >= 4 is 28.6 Å². The third-order valence-electron chi connectivity index (χ3n) is 3.76. The van der Waals surface area contributed by atoms with E-state index in [9.17, 15) is 10.1 Å². The number of hydrogen-bond donors (Lipinski definition) is 1. The molecule has 1 aromatic heterocycles. The van der Waals surface area contributed by atoms with Crippen LogP contribution in [0.1, 0.15) is 12.5 Å². The highest BCUT2D eigenvalue weighted by atomic mass is 16.5. The zero-order valence-electron chi connectivity index (χ0n) is 14.3. The first kappa shape index (κ1) is 17.2. The van der Waals surface area contributed by atoms with Crippen molar-refractivity contribution in [2.24, 2.45) is 0 Å². The number of nitriles is 1. The molecule has 1 heterocycles. The predicted molar refractivity (Wildman–Crippen MR) is 102 cm³/mol. The molecule has 26 heavy (non-hydrogen) atoms. The SMILES string of the molecule is CCOc1ccc(/C=C(\C#N)C(=O)Nc2cccc3ncccc23)cc1. The summed E-state index contributed by atoms with van der Waals surface area (Å²) in [7, 11) is 0. The highest BCUT2D eigenvalue weighted by Gasteiger charge is 2.11. The number of pyridine rings is 1. The van der Waals surface area contributed by atoms with Crippen LogP contribution >= 0.6 is 0 Å². The van der Waals surface area contributed by atoms with Gasteiger partial charge in [-0.15, -0.1) is 0 Å². The minimum Gasteiger partial charge on any atom is -0.494 e. The maximum absolute atomic E-state index is 12.5. The maximum atomic E-state index is 12.5. The number of carbonyl (C=O) groups is 1. The molecule has 5 nitrogen and oxygen atoms in total. The molecule has 5 heteroatoms. The van der Waals surface area contributed by atoms with Gasteiger partial charge < -0.3 is 10.1 Å². The topological polar surface area (TPSA) is 75.0 Å². The van der Waals surface area contributed by atoms with Gasteiger partial charge in [-0.25, -0.2) is 0 Å². The molecule has 0 unspecified atom stereocenters. The summed E-state index contributed by atoms with van der Waals surface area (Å²) in [6.45, 7) is 2.50. The molecule has 1 N–H and O–H groups in total. The maximum Gasteiger partial charge on any atom is 0.266 e. The molecule has 0 saturated carbocycles. The van der Waals surface area contributed by atoms with Gasteiger partial charge in [0.05, 0.1) is 17.8 Å². The van der Waals surface area contributed by atoms with Crippen LogP contribution < -0.4 is 10.1 Å². The molecule has 0 radical (unpaired) electrons. The van der Waals surface area contributed by atoms with Gasteiger partial charge in [0.2, 0.25) is 0 Å². The number of rotatable bonds is 5. The molecule has 1 amide bonds. The quantitative estimate of drug-likeness (QED) is 0.557. The van der Waals surface area contributed by atoms with Crippen LogP contribution in [0.3, 0.4) is 0 Å². The van der Waals surface area contributed by atoms with Crippen molar-refractivity contribution in [1.82, 2.24) is 4.98 Å². The van der Waals surface area contributed by atoms with E-state index in [0.717, 1.165) is 22.2 Å². The Morgan fingerprint density at radius 2 is 2.00 bits per heavy atom. The van der Waals surface area contributed by atoms with Gasteiger partial charge in [0, 0.05) is 11.6 Å². The Morgan fingerprint density at radius 3 is 2.73 bits per heavy atom. The summed E-state index contributed by atoms with van der Waals surface area (Å²) in [5.74, 6) is 0.286. The third kappa shape index (κ3) is 3.87. The van der Waals surface area contributed by atoms with Crippen LogP contribution in [0.2, 0.25) is 0 Å². The van der Waals surface area contributed by atoms with E-state index in [2.05, 4.69) is 10.3 Å². The lowest BCUT2D eigenvalue weighted by atomic mass is 10.1. The molecule has 3 aromatic rings. The summed E-state index contributed by atoms with van der Waals surface area (Å²) in [5.41, 5.74) is 2.17. The fourth-order valence-electron chi connectivity index (χ4n) is 2.54. The summed E-state index contributed by atoms with van der Waals surface area (Å²) in [6.07, 6.45) is 3.24. The lowest BCUT2D eigenvalue weighted by molar-refractivity contribution is -0.112. The fourth-order valence-corrected chi connectivity index (χ4v) is 2.54. The van der Waals surface area contributed by atoms with Crippen LogP contribution in [-0.2, 0) is 4.79 Å². The normalized spacial score (nSPS) is 11.0. The molecular formula is C21H17N3O2. The minimum atomic E-state index is -0.460. The second kappa shape index (κ2) is 7.95. The van der Waals surface area contributed by atoms with Crippen molar-refractivity contribution in [2.75, 3.05) is 11.9 Å². The number of nitrogens with one attached hydrogen (secondary N) is 1. The highest BCUT2D eigenvalue weighted by Crippen LogP contribution is 2.22. The molecule has 0 atom stereocenters. The Labute approximate surface area is 151 Å². The van der Waals surface area contributed by atoms with Crippen molar-refractivity contribution in [3.8, 4) is 11.8 Å². The van der Waals surface area contributed by atoms with E-state index < -0.39 is 5.91 Å². The molecule has 0 saturated heterocycles. The van der Waals surface area contributed by atoms with Crippen LogP contribution in [-0.4, -0.2) is 17.5 Å². The van der Waals surface area contributed by atoms with Crippen LogP contribution in [0.4, 0.5) is 5.69 Å². The van der Waals surface area contributed by atoms with Gasteiger partial charge in [-0.3, -0.25) is 9.78 Å². The molecule has 3 rings (SSSR count). The number of fused-ring (bicyclic) bond motifs is 1. The summed E-state index contributed by atoms with van der Waals surface area (Å²) in [4.78, 5) is 16.8. The lowest BCUT2D eigenvalue weighted by Crippen LogP contribution is -2.13. The molecule has 0 bridgehead atoms. The highest BCUT2D eigenvalue weighted by molar-refractivity contribution is 6.12. The van der Waals surface area contributed by atoms with Gasteiger partial charge in [-0.2, -0.15) is 5.26 Å². The van der Waals surface area contributed by atoms with E-state index in [1.807, 2.05) is 31.2 Å². The Kier molecular flexibility index (Phi) is 5.25. The number of aromatic nitrogens is 1. The van der Waals surface area contributed by atoms with E-state index in [-0.39, 0.29) is 5.57 Å². The zero-order valence-corrected chi connectivity index (χ0v) is 14.3. The number of hydrogen-bond acceptors (Lipinski definition) is 4. The Bertz CT molecular complexity index is 996. The summed E-state index contributed by atoms with van der Waals surface area (Å²) < 4.78 is 5.39. The van der Waals surface area contributed by atoms with E-state index in [4.69, 9.17) is 4.74 Å². The van der Waals surface area contributed by atoms with Crippen molar-refractivity contribution in [3.05, 3.63) is 71.9 Å². The van der Waals surface area contributed by atoms with Gasteiger partial charge in [-0.1, -0.05) is 18.2 Å². The molecule has 0 aliphatic rings. The molecule has 2 aromatic carbocycles. The van der Waals surface area contributed by atoms with Gasteiger partial charge in [-0.05, 0) is 55.0 Å². The third-order valence-corrected chi connectivity index (χ3v) is 3.76. The van der Waals surface area contributed by atoms with Crippen molar-refractivity contribution < 1.29 is 9.53 Å². The molecule has 0 aliphatic heterocycles. The first-order chi connectivity index (χ1) is 12.7. The summed E-state index contributed by atoms with van der Waals surface area (Å²) >= 11 is 0. The zero-order chi connectivity index (χ0) is 18.4. The Hall–Kier alpha value is -3.65. The smallest absolute Gasteiger partial charge is 0.266 e. The van der Waals surface area contributed by atoms with Gasteiger partial charge in [0.25, 0.3) is 5.91 Å². The molecule has 0 aliphatic carbocycles. The number of nitrogens with zero attached hydrogens (tertiary/aromatic N) is 2. The standard InChI is InChI=1S/C21H17N3O2/c1-2-26-17-10-8-15(9-11-17)13-16(14-22)21(25)24-20-7-3-6-19-18(20)5-4-12-23-19/h3-13H,2H2,1H3,(H,24,25)/b16-13+. The number of carbonyl (C=O) groups excluding carboxylic acids is 1. The second-order valence-electron chi connectivity index (χ2n) is 5.50. The molecular weight excluding hydrogens is 326 g/mol. The van der Waals surface area contributed by atoms with Crippen LogP contribution in [0.15, 0.2) is 66.4 Å². The van der Waals surface area contributed by atoms with Crippen molar-refractivity contribution in [3.63, 3.8) is 0 Å². The second-order valence-corrected chi connectivity index (χ2v) is 5.50. The van der Waals surface area contributed by atoms with E-state index in [1.54, 1.807) is 48.7 Å². The number of anilines is 1. The molecule has 0 fully saturated rings. The fraction of sp³-hybridized carbons (Fsp3) is 0.0952. The monoisotopic (exact) mass is 343 g/mol. The van der Waals surface area contributed by atoms with Gasteiger partial charge in [0.15, 0.2) is 0 Å². The van der Waals surface area contributed by atoms with Gasteiger partial charge >= 0.3 is 0 Å². The number of ether oxygens (including phenoxy) is 1. The van der Waals surface area contributed by atoms with Crippen molar-refractivity contribution in [2.45, 2.75) is 6.92 Å². The van der Waals surface area contributed by atoms with Crippen LogP contribution in [0.5, 0.6) is 5.75 Å². The number of amides is 1.